The zero-order valence-electron chi connectivity index (χ0n) is 10.3. The van der Waals surface area contributed by atoms with Crippen LogP contribution in [0, 0.1) is 5.82 Å². The van der Waals surface area contributed by atoms with Crippen LogP contribution in [0.4, 0.5) is 4.39 Å². The molecule has 0 aromatic heterocycles. The minimum Gasteiger partial charge on any atom is -0.487 e. The van der Waals surface area contributed by atoms with Gasteiger partial charge in [0, 0.05) is 20.7 Å². The average molecular weight is 414 g/mol. The number of benzene rings is 2. The second-order valence-corrected chi connectivity index (χ2v) is 7.91. The second-order valence-electron chi connectivity index (χ2n) is 4.05. The molecule has 0 unspecified atom stereocenters. The van der Waals surface area contributed by atoms with Gasteiger partial charge in [-0.25, -0.2) is 12.8 Å². The van der Waals surface area contributed by atoms with Crippen molar-refractivity contribution in [3.63, 3.8) is 0 Å². The summed E-state index contributed by atoms with van der Waals surface area (Å²) in [4.78, 5) is -0.156. The highest BCUT2D eigenvalue weighted by atomic mass is 79.9. The van der Waals surface area contributed by atoms with Crippen LogP contribution in [0.3, 0.4) is 0 Å². The molecule has 0 aliphatic heterocycles. The van der Waals surface area contributed by atoms with Crippen molar-refractivity contribution in [1.82, 2.24) is 0 Å². The van der Waals surface area contributed by atoms with Crippen molar-refractivity contribution in [2.75, 3.05) is 0 Å². The van der Waals surface area contributed by atoms with Crippen molar-refractivity contribution in [2.45, 2.75) is 11.5 Å². The molecule has 0 heterocycles. The van der Waals surface area contributed by atoms with Gasteiger partial charge in [-0.2, -0.15) is 0 Å². The SMILES string of the molecule is O=S(=O)(Cl)c1cc(Br)ccc1OCc1ccc(F)cc1Cl. The summed E-state index contributed by atoms with van der Waals surface area (Å²) < 4.78 is 42.0. The summed E-state index contributed by atoms with van der Waals surface area (Å²) in [5.74, 6) is -0.370. The lowest BCUT2D eigenvalue weighted by Crippen LogP contribution is -2.01. The van der Waals surface area contributed by atoms with Crippen molar-refractivity contribution in [2.24, 2.45) is 0 Å². The van der Waals surface area contributed by atoms with E-state index in [4.69, 9.17) is 27.0 Å². The Bertz CT molecular complexity index is 781. The summed E-state index contributed by atoms with van der Waals surface area (Å²) in [5, 5.41) is 0.197. The van der Waals surface area contributed by atoms with E-state index in [0.717, 1.165) is 6.07 Å². The fourth-order valence-corrected chi connectivity index (χ4v) is 3.32. The highest BCUT2D eigenvalue weighted by Crippen LogP contribution is 2.31. The van der Waals surface area contributed by atoms with Crippen molar-refractivity contribution in [3.05, 3.63) is 57.3 Å². The normalized spacial score (nSPS) is 11.4. The van der Waals surface area contributed by atoms with Crippen molar-refractivity contribution < 1.29 is 17.5 Å². The molecule has 0 atom stereocenters. The third-order valence-electron chi connectivity index (χ3n) is 2.57. The van der Waals surface area contributed by atoms with Gasteiger partial charge in [-0.15, -0.1) is 0 Å². The van der Waals surface area contributed by atoms with Crippen LogP contribution < -0.4 is 4.74 Å². The molecular weight excluding hydrogens is 406 g/mol. The number of rotatable bonds is 4. The summed E-state index contributed by atoms with van der Waals surface area (Å²) in [6, 6.07) is 8.28. The summed E-state index contributed by atoms with van der Waals surface area (Å²) in [6.45, 7) is -0.0137. The lowest BCUT2D eigenvalue weighted by molar-refractivity contribution is 0.298. The van der Waals surface area contributed by atoms with Crippen molar-refractivity contribution >= 4 is 47.3 Å². The monoisotopic (exact) mass is 412 g/mol. The predicted octanol–water partition coefficient (Wildman–Crippen LogP) is 4.75. The van der Waals surface area contributed by atoms with Crippen molar-refractivity contribution in [3.8, 4) is 5.75 Å². The molecule has 0 spiro atoms. The summed E-state index contributed by atoms with van der Waals surface area (Å²) in [7, 11) is 1.41. The number of hydrogen-bond acceptors (Lipinski definition) is 3. The van der Waals surface area contributed by atoms with Crippen LogP contribution in [0.1, 0.15) is 5.56 Å². The molecule has 0 aliphatic carbocycles. The van der Waals surface area contributed by atoms with Crippen LogP contribution in [0.25, 0.3) is 0 Å². The quantitative estimate of drug-likeness (QED) is 0.679. The van der Waals surface area contributed by atoms with Gasteiger partial charge in [0.1, 0.15) is 23.1 Å². The van der Waals surface area contributed by atoms with Crippen LogP contribution in [-0.2, 0) is 15.7 Å². The molecule has 2 aromatic carbocycles. The fraction of sp³-hybridized carbons (Fsp3) is 0.0769. The van der Waals surface area contributed by atoms with Gasteiger partial charge in [0.2, 0.25) is 0 Å². The third kappa shape index (κ3) is 4.32. The molecule has 112 valence electrons. The first kappa shape index (κ1) is 16.5. The van der Waals surface area contributed by atoms with Crippen LogP contribution in [-0.4, -0.2) is 8.42 Å². The first-order valence-electron chi connectivity index (χ1n) is 5.58. The Morgan fingerprint density at radius 2 is 1.90 bits per heavy atom. The molecule has 3 nitrogen and oxygen atoms in total. The maximum atomic E-state index is 12.9. The van der Waals surface area contributed by atoms with Crippen molar-refractivity contribution in [1.29, 1.82) is 0 Å². The minimum absolute atomic E-state index is 0.0137. The highest BCUT2D eigenvalue weighted by molar-refractivity contribution is 9.10. The molecule has 21 heavy (non-hydrogen) atoms. The van der Waals surface area contributed by atoms with Gasteiger partial charge < -0.3 is 4.74 Å². The molecule has 2 aromatic rings. The van der Waals surface area contributed by atoms with E-state index >= 15 is 0 Å². The van der Waals surface area contributed by atoms with Crippen LogP contribution in [0.2, 0.25) is 5.02 Å². The molecule has 2 rings (SSSR count). The van der Waals surface area contributed by atoms with Crippen LogP contribution in [0.15, 0.2) is 45.8 Å². The van der Waals surface area contributed by atoms with Gasteiger partial charge >= 0.3 is 0 Å². The third-order valence-corrected chi connectivity index (χ3v) is 4.75. The number of ether oxygens (including phenoxy) is 1. The Balaban J connectivity index is 2.28. The Morgan fingerprint density at radius 3 is 2.52 bits per heavy atom. The molecule has 0 aliphatic rings. The van der Waals surface area contributed by atoms with Gasteiger partial charge in [0.25, 0.3) is 9.05 Å². The van der Waals surface area contributed by atoms with E-state index in [1.807, 2.05) is 0 Å². The molecule has 0 saturated carbocycles. The lowest BCUT2D eigenvalue weighted by Gasteiger charge is -2.11. The molecule has 0 N–H and O–H groups in total. The molecule has 0 saturated heterocycles. The number of hydrogen-bond donors (Lipinski definition) is 0. The smallest absolute Gasteiger partial charge is 0.265 e. The molecule has 0 amide bonds. The fourth-order valence-electron chi connectivity index (χ4n) is 1.59. The van der Waals surface area contributed by atoms with E-state index in [9.17, 15) is 12.8 Å². The Hall–Kier alpha value is -0.820. The molecular formula is C13H8BrCl2FO3S. The van der Waals surface area contributed by atoms with E-state index in [0.29, 0.717) is 10.0 Å². The number of halogens is 4. The van der Waals surface area contributed by atoms with E-state index in [1.54, 1.807) is 6.07 Å². The molecule has 0 radical (unpaired) electrons. The topological polar surface area (TPSA) is 43.4 Å². The van der Waals surface area contributed by atoms with Crippen LogP contribution >= 0.6 is 38.2 Å². The van der Waals surface area contributed by atoms with Gasteiger partial charge in [0.05, 0.1) is 5.02 Å². The summed E-state index contributed by atoms with van der Waals surface area (Å²) in [5.41, 5.74) is 0.527. The molecule has 0 bridgehead atoms. The first-order valence-corrected chi connectivity index (χ1v) is 9.06. The summed E-state index contributed by atoms with van der Waals surface area (Å²) in [6.07, 6.45) is 0. The average Bonchev–Trinajstić information content (AvgIpc) is 2.38. The Labute approximate surface area is 139 Å². The van der Waals surface area contributed by atoms with Gasteiger partial charge in [-0.05, 0) is 30.3 Å². The standard InChI is InChI=1S/C13H8BrCl2FO3S/c14-9-2-4-12(13(5-9)21(16,18)19)20-7-8-1-3-10(17)6-11(8)15/h1-6H,7H2. The highest BCUT2D eigenvalue weighted by Gasteiger charge is 2.18. The lowest BCUT2D eigenvalue weighted by atomic mass is 10.2. The van der Waals surface area contributed by atoms with E-state index in [1.165, 1.54) is 24.3 Å². The van der Waals surface area contributed by atoms with E-state index in [2.05, 4.69) is 15.9 Å². The van der Waals surface area contributed by atoms with Crippen LogP contribution in [0.5, 0.6) is 5.75 Å². The van der Waals surface area contributed by atoms with Gasteiger partial charge in [-0.1, -0.05) is 33.6 Å². The predicted molar refractivity (Wildman–Crippen MR) is 82.9 cm³/mol. The van der Waals surface area contributed by atoms with Gasteiger partial charge in [-0.3, -0.25) is 0 Å². The zero-order chi connectivity index (χ0) is 15.6. The first-order chi connectivity index (χ1) is 9.77. The van der Waals surface area contributed by atoms with E-state index < -0.39 is 14.9 Å². The Kier molecular flexibility index (Phi) is 5.14. The van der Waals surface area contributed by atoms with Gasteiger partial charge in [0.15, 0.2) is 0 Å². The van der Waals surface area contributed by atoms with E-state index in [-0.39, 0.29) is 22.3 Å². The maximum absolute atomic E-state index is 12.9. The summed E-state index contributed by atoms with van der Waals surface area (Å²) >= 11 is 9.04. The molecule has 0 fully saturated rings. The largest absolute Gasteiger partial charge is 0.487 e. The second kappa shape index (κ2) is 6.52. The zero-order valence-corrected chi connectivity index (χ0v) is 14.2. The Morgan fingerprint density at radius 1 is 1.19 bits per heavy atom. The molecule has 8 heteroatoms. The minimum atomic E-state index is -3.95. The maximum Gasteiger partial charge on any atom is 0.265 e.